The molecule has 2 aliphatic rings. The van der Waals surface area contributed by atoms with Crippen LogP contribution in [0.3, 0.4) is 0 Å². The number of morpholine rings is 1. The average Bonchev–Trinajstić information content (AvgIpc) is 3.27. The van der Waals surface area contributed by atoms with Crippen molar-refractivity contribution in [3.05, 3.63) is 46.7 Å². The average molecular weight is 581 g/mol. The first kappa shape index (κ1) is 30.3. The van der Waals surface area contributed by atoms with E-state index in [1.54, 1.807) is 4.80 Å². The van der Waals surface area contributed by atoms with Gasteiger partial charge in [0, 0.05) is 42.9 Å². The van der Waals surface area contributed by atoms with Gasteiger partial charge < -0.3 is 9.84 Å². The lowest BCUT2D eigenvalue weighted by Gasteiger charge is -2.46. The number of aliphatic carboxylic acids is 1. The SMILES string of the molecule is Cn1ncc(C2CCC(N3C[C@H](CS(C)(=O)=O)OC[C@@H]3Cc3ccc(Cl)cc3)CC2)n1.O=C(O)C(F)(F)F. The number of rotatable bonds is 6. The second-order valence-corrected chi connectivity index (χ2v) is 12.4. The van der Waals surface area contributed by atoms with Gasteiger partial charge in [-0.05, 0) is 49.8 Å². The van der Waals surface area contributed by atoms with E-state index in [1.807, 2.05) is 25.4 Å². The van der Waals surface area contributed by atoms with Gasteiger partial charge >= 0.3 is 12.1 Å². The Morgan fingerprint density at radius 1 is 1.18 bits per heavy atom. The maximum Gasteiger partial charge on any atom is 0.490 e. The van der Waals surface area contributed by atoms with Crippen LogP contribution in [0, 0.1) is 0 Å². The molecule has 9 nitrogen and oxygen atoms in total. The highest BCUT2D eigenvalue weighted by Gasteiger charge is 2.38. The molecule has 4 rings (SSSR count). The fraction of sp³-hybridized carbons (Fsp3) is 0.625. The molecule has 212 valence electrons. The van der Waals surface area contributed by atoms with Crippen LogP contribution in [-0.4, -0.2) is 88.9 Å². The number of ether oxygens (including phenoxy) is 1. The third-order valence-corrected chi connectivity index (χ3v) is 7.95. The summed E-state index contributed by atoms with van der Waals surface area (Å²) in [5.41, 5.74) is 2.30. The van der Waals surface area contributed by atoms with Gasteiger partial charge in [0.15, 0.2) is 0 Å². The molecule has 0 spiro atoms. The minimum absolute atomic E-state index is 0.0755. The monoisotopic (exact) mass is 580 g/mol. The molecule has 1 aromatic heterocycles. The number of carbonyl (C=O) groups is 1. The standard InChI is InChI=1S/C22H31ClN4O3S.C2HF3O2/c1-26-24-12-22(25-26)17-5-9-19(10-6-17)27-13-21(15-31(2,28)29)30-14-20(27)11-16-3-7-18(23)8-4-16;3-2(4,5)1(6)7/h3-4,7-8,12,17,19-21H,5-6,9-11,13-15H2,1-2H3;(H,6,7)/t17?,19?,20-,21+;/m0./s1. The summed E-state index contributed by atoms with van der Waals surface area (Å²) in [6, 6.07) is 8.63. The van der Waals surface area contributed by atoms with Crippen LogP contribution in [0.5, 0.6) is 0 Å². The number of carboxylic acid groups (broad SMARTS) is 1. The molecule has 38 heavy (non-hydrogen) atoms. The topological polar surface area (TPSA) is 115 Å². The van der Waals surface area contributed by atoms with Crippen LogP contribution < -0.4 is 0 Å². The fourth-order valence-electron chi connectivity index (χ4n) is 4.99. The molecule has 1 saturated carbocycles. The van der Waals surface area contributed by atoms with Crippen molar-refractivity contribution in [2.75, 3.05) is 25.2 Å². The van der Waals surface area contributed by atoms with Crippen molar-refractivity contribution in [3.63, 3.8) is 0 Å². The van der Waals surface area contributed by atoms with Crippen LogP contribution in [0.1, 0.15) is 42.9 Å². The Labute approximate surface area is 224 Å². The number of benzene rings is 1. The van der Waals surface area contributed by atoms with Crippen LogP contribution in [0.4, 0.5) is 13.2 Å². The Morgan fingerprint density at radius 2 is 1.79 bits per heavy atom. The Morgan fingerprint density at radius 3 is 2.29 bits per heavy atom. The number of hydrogen-bond acceptors (Lipinski definition) is 7. The molecule has 0 radical (unpaired) electrons. The largest absolute Gasteiger partial charge is 0.490 e. The van der Waals surface area contributed by atoms with E-state index < -0.39 is 22.0 Å². The number of nitrogens with zero attached hydrogens (tertiary/aromatic N) is 4. The lowest BCUT2D eigenvalue weighted by Crippen LogP contribution is -2.56. The summed E-state index contributed by atoms with van der Waals surface area (Å²) in [5, 5.41) is 16.6. The molecule has 1 saturated heterocycles. The summed E-state index contributed by atoms with van der Waals surface area (Å²) in [6.45, 7) is 1.21. The van der Waals surface area contributed by atoms with E-state index >= 15 is 0 Å². The molecule has 2 heterocycles. The molecule has 0 amide bonds. The predicted molar refractivity (Wildman–Crippen MR) is 135 cm³/mol. The first-order valence-corrected chi connectivity index (χ1v) is 14.6. The molecule has 2 atom stereocenters. The van der Waals surface area contributed by atoms with Gasteiger partial charge in [-0.25, -0.2) is 13.2 Å². The zero-order valence-corrected chi connectivity index (χ0v) is 22.7. The Hall–Kier alpha value is -2.22. The fourth-order valence-corrected chi connectivity index (χ4v) is 5.99. The van der Waals surface area contributed by atoms with Gasteiger partial charge in [-0.2, -0.15) is 28.2 Å². The molecule has 1 aliphatic heterocycles. The Balaban J connectivity index is 0.000000505. The number of aromatic nitrogens is 3. The molecule has 2 fully saturated rings. The van der Waals surface area contributed by atoms with Crippen molar-refractivity contribution in [1.29, 1.82) is 0 Å². The second kappa shape index (κ2) is 12.8. The number of alkyl halides is 3. The highest BCUT2D eigenvalue weighted by molar-refractivity contribution is 7.90. The van der Waals surface area contributed by atoms with Crippen LogP contribution in [0.2, 0.25) is 5.02 Å². The van der Waals surface area contributed by atoms with Gasteiger partial charge in [0.05, 0.1) is 30.4 Å². The van der Waals surface area contributed by atoms with E-state index in [1.165, 1.54) is 11.8 Å². The quantitative estimate of drug-likeness (QED) is 0.552. The zero-order valence-electron chi connectivity index (χ0n) is 21.1. The van der Waals surface area contributed by atoms with Crippen molar-refractivity contribution >= 4 is 27.4 Å². The van der Waals surface area contributed by atoms with Crippen molar-refractivity contribution in [2.45, 2.75) is 62.4 Å². The van der Waals surface area contributed by atoms with E-state index in [9.17, 15) is 21.6 Å². The van der Waals surface area contributed by atoms with Crippen LogP contribution in [0.15, 0.2) is 30.5 Å². The number of carboxylic acids is 1. The van der Waals surface area contributed by atoms with Crippen molar-refractivity contribution in [1.82, 2.24) is 19.9 Å². The van der Waals surface area contributed by atoms with Crippen molar-refractivity contribution < 1.29 is 36.2 Å². The number of halogens is 4. The summed E-state index contributed by atoms with van der Waals surface area (Å²) in [4.78, 5) is 13.0. The van der Waals surface area contributed by atoms with Crippen molar-refractivity contribution in [3.8, 4) is 0 Å². The minimum Gasteiger partial charge on any atom is -0.475 e. The summed E-state index contributed by atoms with van der Waals surface area (Å²) in [6.07, 6.45) is 2.98. The maximum atomic E-state index is 11.9. The van der Waals surface area contributed by atoms with E-state index in [0.717, 1.165) is 42.8 Å². The van der Waals surface area contributed by atoms with Crippen LogP contribution in [-0.2, 0) is 32.8 Å². The maximum absolute atomic E-state index is 11.9. The highest BCUT2D eigenvalue weighted by Crippen LogP contribution is 2.35. The molecule has 0 bridgehead atoms. The molecule has 1 aliphatic carbocycles. The van der Waals surface area contributed by atoms with E-state index in [4.69, 9.17) is 26.2 Å². The van der Waals surface area contributed by atoms with Gasteiger partial charge in [0.25, 0.3) is 0 Å². The predicted octanol–water partition coefficient (Wildman–Crippen LogP) is 3.48. The Kier molecular flexibility index (Phi) is 10.2. The molecular formula is C24H32ClF3N4O5S. The first-order valence-electron chi connectivity index (χ1n) is 12.2. The van der Waals surface area contributed by atoms with Crippen LogP contribution in [0.25, 0.3) is 0 Å². The van der Waals surface area contributed by atoms with Crippen LogP contribution >= 0.6 is 11.6 Å². The third-order valence-electron chi connectivity index (χ3n) is 6.72. The Bertz CT molecular complexity index is 1170. The molecule has 1 aromatic carbocycles. The van der Waals surface area contributed by atoms with Crippen molar-refractivity contribution in [2.24, 2.45) is 7.05 Å². The number of hydrogen-bond donors (Lipinski definition) is 1. The normalized spacial score (nSPS) is 24.9. The third kappa shape index (κ3) is 9.21. The first-order chi connectivity index (χ1) is 17.7. The van der Waals surface area contributed by atoms with E-state index in [-0.39, 0.29) is 17.9 Å². The molecule has 0 unspecified atom stereocenters. The molecule has 2 aromatic rings. The molecule has 14 heteroatoms. The summed E-state index contributed by atoms with van der Waals surface area (Å²) in [7, 11) is -1.23. The summed E-state index contributed by atoms with van der Waals surface area (Å²) < 4.78 is 61.5. The zero-order chi connectivity index (χ0) is 28.1. The van der Waals surface area contributed by atoms with Gasteiger partial charge in [-0.15, -0.1) is 0 Å². The highest BCUT2D eigenvalue weighted by atomic mass is 35.5. The summed E-state index contributed by atoms with van der Waals surface area (Å²) >= 11 is 6.05. The number of aryl methyl sites for hydroxylation is 1. The lowest BCUT2D eigenvalue weighted by molar-refractivity contribution is -0.192. The number of sulfone groups is 1. The second-order valence-electron chi connectivity index (χ2n) is 9.80. The summed E-state index contributed by atoms with van der Waals surface area (Å²) in [5.74, 6) is -2.23. The lowest BCUT2D eigenvalue weighted by atomic mass is 9.82. The molecule has 1 N–H and O–H groups in total. The smallest absolute Gasteiger partial charge is 0.475 e. The van der Waals surface area contributed by atoms with Gasteiger partial charge in [-0.1, -0.05) is 23.7 Å². The minimum atomic E-state index is -5.08. The van der Waals surface area contributed by atoms with Gasteiger partial charge in [0.1, 0.15) is 9.84 Å². The van der Waals surface area contributed by atoms with E-state index in [2.05, 4.69) is 27.2 Å². The van der Waals surface area contributed by atoms with E-state index in [0.29, 0.717) is 25.1 Å². The molecular weight excluding hydrogens is 549 g/mol. The van der Waals surface area contributed by atoms with Gasteiger partial charge in [-0.3, -0.25) is 4.90 Å². The van der Waals surface area contributed by atoms with Gasteiger partial charge in [0.2, 0.25) is 0 Å².